The van der Waals surface area contributed by atoms with Crippen LogP contribution in [0.1, 0.15) is 10.4 Å². The Bertz CT molecular complexity index is 657. The summed E-state index contributed by atoms with van der Waals surface area (Å²) >= 11 is 4.44. The molecule has 0 fully saturated rings. The molecule has 1 heterocycles. The Balaban J connectivity index is 2.28. The van der Waals surface area contributed by atoms with Gasteiger partial charge in [-0.15, -0.1) is 0 Å². The number of rotatable bonds is 3. The summed E-state index contributed by atoms with van der Waals surface area (Å²) < 4.78 is 0.485. The number of aromatic nitrogens is 2. The van der Waals surface area contributed by atoms with E-state index in [1.165, 1.54) is 30.1 Å². The number of carboxylic acid groups (broad SMARTS) is 1. The van der Waals surface area contributed by atoms with Gasteiger partial charge in [-0.25, -0.2) is 9.78 Å². The Labute approximate surface area is 114 Å². The standard InChI is InChI=1S/C11H7BrN2O3S/c12-8-5-6(1-2-7(8)10(16)17)18-11-13-4-3-9(15)14-11/h1-5H,(H,16,17)(H,13,14,15). The minimum atomic E-state index is -0.996. The van der Waals surface area contributed by atoms with Crippen molar-refractivity contribution in [1.29, 1.82) is 0 Å². The van der Waals surface area contributed by atoms with Gasteiger partial charge < -0.3 is 10.1 Å². The van der Waals surface area contributed by atoms with Crippen molar-refractivity contribution >= 4 is 33.7 Å². The zero-order valence-corrected chi connectivity index (χ0v) is 11.3. The van der Waals surface area contributed by atoms with E-state index in [1.54, 1.807) is 12.1 Å². The monoisotopic (exact) mass is 326 g/mol. The van der Waals surface area contributed by atoms with Crippen molar-refractivity contribution in [1.82, 2.24) is 9.97 Å². The summed E-state index contributed by atoms with van der Waals surface area (Å²) in [6.45, 7) is 0. The Hall–Kier alpha value is -1.60. The molecular weight excluding hydrogens is 320 g/mol. The maximum atomic E-state index is 11.1. The van der Waals surface area contributed by atoms with Crippen molar-refractivity contribution in [3.05, 3.63) is 50.9 Å². The van der Waals surface area contributed by atoms with Gasteiger partial charge in [0.15, 0.2) is 5.16 Å². The van der Waals surface area contributed by atoms with E-state index in [9.17, 15) is 9.59 Å². The number of carbonyl (C=O) groups is 1. The average molecular weight is 327 g/mol. The molecule has 5 nitrogen and oxygen atoms in total. The zero-order valence-electron chi connectivity index (χ0n) is 8.88. The molecule has 0 atom stereocenters. The van der Waals surface area contributed by atoms with Gasteiger partial charge in [-0.1, -0.05) is 11.8 Å². The van der Waals surface area contributed by atoms with Gasteiger partial charge in [0.25, 0.3) is 5.56 Å². The van der Waals surface area contributed by atoms with E-state index in [2.05, 4.69) is 25.9 Å². The second kappa shape index (κ2) is 5.36. The number of nitrogens with zero attached hydrogens (tertiary/aromatic N) is 1. The number of aromatic carboxylic acids is 1. The molecule has 0 aliphatic rings. The average Bonchev–Trinajstić information content (AvgIpc) is 2.28. The van der Waals surface area contributed by atoms with Crippen LogP contribution in [0.2, 0.25) is 0 Å². The lowest BCUT2D eigenvalue weighted by Gasteiger charge is -2.03. The van der Waals surface area contributed by atoms with Crippen molar-refractivity contribution in [3.63, 3.8) is 0 Å². The molecule has 1 aromatic heterocycles. The second-order valence-corrected chi connectivity index (χ2v) is 5.20. The molecule has 92 valence electrons. The molecule has 0 aliphatic heterocycles. The number of carboxylic acids is 1. The minimum absolute atomic E-state index is 0.189. The summed E-state index contributed by atoms with van der Waals surface area (Å²) in [5.74, 6) is -0.996. The van der Waals surface area contributed by atoms with Crippen molar-refractivity contribution in [2.75, 3.05) is 0 Å². The Kier molecular flexibility index (Phi) is 3.83. The molecule has 0 saturated heterocycles. The fraction of sp³-hybridized carbons (Fsp3) is 0. The molecule has 18 heavy (non-hydrogen) atoms. The van der Waals surface area contributed by atoms with Gasteiger partial charge in [-0.3, -0.25) is 4.79 Å². The lowest BCUT2D eigenvalue weighted by Crippen LogP contribution is -2.05. The SMILES string of the molecule is O=C(O)c1ccc(Sc2nccc(=O)[nH]2)cc1Br. The van der Waals surface area contributed by atoms with E-state index >= 15 is 0 Å². The van der Waals surface area contributed by atoms with Crippen LogP contribution in [-0.2, 0) is 0 Å². The molecule has 0 aliphatic carbocycles. The van der Waals surface area contributed by atoms with Gasteiger partial charge in [0.2, 0.25) is 0 Å². The van der Waals surface area contributed by atoms with E-state index in [0.29, 0.717) is 9.63 Å². The van der Waals surface area contributed by atoms with Crippen molar-refractivity contribution in [2.24, 2.45) is 0 Å². The highest BCUT2D eigenvalue weighted by molar-refractivity contribution is 9.10. The molecule has 0 unspecified atom stereocenters. The predicted octanol–water partition coefficient (Wildman–Crippen LogP) is 2.38. The van der Waals surface area contributed by atoms with Crippen LogP contribution in [0.4, 0.5) is 0 Å². The fourth-order valence-corrected chi connectivity index (χ4v) is 2.75. The van der Waals surface area contributed by atoms with Gasteiger partial charge in [0.05, 0.1) is 5.56 Å². The van der Waals surface area contributed by atoms with Gasteiger partial charge in [-0.05, 0) is 34.1 Å². The molecule has 0 bridgehead atoms. The topological polar surface area (TPSA) is 83.0 Å². The zero-order chi connectivity index (χ0) is 13.1. The highest BCUT2D eigenvalue weighted by Crippen LogP contribution is 2.28. The van der Waals surface area contributed by atoms with Gasteiger partial charge in [0, 0.05) is 21.6 Å². The van der Waals surface area contributed by atoms with Crippen LogP contribution < -0.4 is 5.56 Å². The lowest BCUT2D eigenvalue weighted by atomic mass is 10.2. The number of nitrogens with one attached hydrogen (secondary N) is 1. The highest BCUT2D eigenvalue weighted by atomic mass is 79.9. The van der Waals surface area contributed by atoms with Crippen LogP contribution >= 0.6 is 27.7 Å². The first-order chi connectivity index (χ1) is 8.56. The second-order valence-electron chi connectivity index (χ2n) is 3.29. The van der Waals surface area contributed by atoms with Gasteiger partial charge in [-0.2, -0.15) is 0 Å². The number of benzene rings is 1. The van der Waals surface area contributed by atoms with E-state index in [1.807, 2.05) is 0 Å². The normalized spacial score (nSPS) is 10.3. The van der Waals surface area contributed by atoms with Crippen LogP contribution in [0.25, 0.3) is 0 Å². The first-order valence-corrected chi connectivity index (χ1v) is 6.43. The number of aromatic amines is 1. The quantitative estimate of drug-likeness (QED) is 0.846. The highest BCUT2D eigenvalue weighted by Gasteiger charge is 2.09. The molecule has 2 rings (SSSR count). The molecule has 0 radical (unpaired) electrons. The number of hydrogen-bond donors (Lipinski definition) is 2. The lowest BCUT2D eigenvalue weighted by molar-refractivity contribution is 0.0696. The van der Waals surface area contributed by atoms with Crippen molar-refractivity contribution in [2.45, 2.75) is 10.1 Å². The summed E-state index contributed by atoms with van der Waals surface area (Å²) in [4.78, 5) is 29.3. The first kappa shape index (κ1) is 12.8. The fourth-order valence-electron chi connectivity index (χ4n) is 1.25. The van der Waals surface area contributed by atoms with E-state index in [4.69, 9.17) is 5.11 Å². The summed E-state index contributed by atoms with van der Waals surface area (Å²) in [6.07, 6.45) is 1.42. The summed E-state index contributed by atoms with van der Waals surface area (Å²) in [5, 5.41) is 9.34. The molecule has 0 saturated carbocycles. The third kappa shape index (κ3) is 2.99. The first-order valence-electron chi connectivity index (χ1n) is 4.82. The van der Waals surface area contributed by atoms with Crippen molar-refractivity contribution < 1.29 is 9.90 Å². The van der Waals surface area contributed by atoms with Gasteiger partial charge >= 0.3 is 5.97 Å². The molecule has 1 aromatic carbocycles. The maximum Gasteiger partial charge on any atom is 0.336 e. The summed E-state index contributed by atoms with van der Waals surface area (Å²) in [5.41, 5.74) is -0.0393. The van der Waals surface area contributed by atoms with Crippen LogP contribution in [0.5, 0.6) is 0 Å². The molecule has 0 amide bonds. The number of halogens is 1. The molecular formula is C11H7BrN2O3S. The Morgan fingerprint density at radius 3 is 2.78 bits per heavy atom. The van der Waals surface area contributed by atoms with Gasteiger partial charge in [0.1, 0.15) is 0 Å². The molecule has 2 N–H and O–H groups in total. The summed E-state index contributed by atoms with van der Waals surface area (Å²) in [6, 6.07) is 6.15. The molecule has 2 aromatic rings. The van der Waals surface area contributed by atoms with Crippen LogP contribution in [0, 0.1) is 0 Å². The number of hydrogen-bond acceptors (Lipinski definition) is 4. The summed E-state index contributed by atoms with van der Waals surface area (Å²) in [7, 11) is 0. The van der Waals surface area contributed by atoms with Crippen LogP contribution in [-0.4, -0.2) is 21.0 Å². The molecule has 0 spiro atoms. The smallest absolute Gasteiger partial charge is 0.336 e. The van der Waals surface area contributed by atoms with E-state index < -0.39 is 5.97 Å². The van der Waals surface area contributed by atoms with Crippen molar-refractivity contribution in [3.8, 4) is 0 Å². The largest absolute Gasteiger partial charge is 0.478 e. The molecule has 7 heteroatoms. The predicted molar refractivity (Wildman–Crippen MR) is 70.1 cm³/mol. The minimum Gasteiger partial charge on any atom is -0.478 e. The Morgan fingerprint density at radius 1 is 1.39 bits per heavy atom. The maximum absolute atomic E-state index is 11.1. The van der Waals surface area contributed by atoms with E-state index in [0.717, 1.165) is 4.90 Å². The van der Waals surface area contributed by atoms with Crippen LogP contribution in [0.3, 0.4) is 0 Å². The third-order valence-corrected chi connectivity index (χ3v) is 3.58. The number of H-pyrrole nitrogens is 1. The van der Waals surface area contributed by atoms with Crippen LogP contribution in [0.15, 0.2) is 49.8 Å². The third-order valence-electron chi connectivity index (χ3n) is 2.03. The Morgan fingerprint density at radius 2 is 2.17 bits per heavy atom. The van der Waals surface area contributed by atoms with E-state index in [-0.39, 0.29) is 11.1 Å².